The average molecular weight is 1090 g/mol. The monoisotopic (exact) mass is 1090 g/mol. The molecule has 0 fully saturated rings. The summed E-state index contributed by atoms with van der Waals surface area (Å²) in [5.74, 6) is 0. The van der Waals surface area contributed by atoms with Gasteiger partial charge in [0, 0.05) is 0 Å². The Hall–Kier alpha value is 4.58. The van der Waals surface area contributed by atoms with Crippen molar-refractivity contribution in [3.63, 3.8) is 0 Å². The fraction of sp³-hybridized carbons (Fsp3) is 1.00. The predicted octanol–water partition coefficient (Wildman–Crippen LogP) is 9.85. The summed E-state index contributed by atoms with van der Waals surface area (Å²) in [4.78, 5) is 3.14. The van der Waals surface area contributed by atoms with Gasteiger partial charge < -0.3 is 38.6 Å². The van der Waals surface area contributed by atoms with Crippen LogP contribution in [0.5, 0.6) is 0 Å². The second kappa shape index (κ2) is 31.6. The van der Waals surface area contributed by atoms with Gasteiger partial charge in [-0.3, -0.25) is 0 Å². The molecule has 8 nitrogen and oxygen atoms in total. The van der Waals surface area contributed by atoms with Crippen LogP contribution in [0.4, 0.5) is 0 Å². The van der Waals surface area contributed by atoms with Crippen molar-refractivity contribution in [2.45, 2.75) is 157 Å². The van der Waals surface area contributed by atoms with Crippen LogP contribution in [0.1, 0.15) is 0 Å². The Balaban J connectivity index is -0.0000000671. The fourth-order valence-corrected chi connectivity index (χ4v) is 36.2. The molecule has 0 aromatic carbocycles. The van der Waals surface area contributed by atoms with E-state index in [4.69, 9.17) is 18.6 Å². The van der Waals surface area contributed by atoms with E-state index >= 15 is 0 Å². The van der Waals surface area contributed by atoms with Gasteiger partial charge in [0.25, 0.3) is 0 Å². The van der Waals surface area contributed by atoms with E-state index in [1.807, 2.05) is 0 Å². The minimum Gasteiger partial charge on any atom is -0.843 e. The van der Waals surface area contributed by atoms with Gasteiger partial charge in [-0.2, -0.15) is 0 Å². The molecule has 0 aliphatic rings. The minimum absolute atomic E-state index is 0. The van der Waals surface area contributed by atoms with Crippen molar-refractivity contribution in [1.82, 2.24) is 9.80 Å². The first-order valence-electron chi connectivity index (χ1n) is 16.8. The Labute approximate surface area is 395 Å². The first-order valence-corrected chi connectivity index (χ1v) is 44.4. The third-order valence-corrected chi connectivity index (χ3v) is 24.7. The van der Waals surface area contributed by atoms with Crippen LogP contribution in [-0.4, -0.2) is 117 Å². The Morgan fingerprint density at radius 3 is 0.354 bits per heavy atom. The maximum Gasteiger partial charge on any atom is 3.00 e. The molecule has 0 unspecified atom stereocenters. The van der Waals surface area contributed by atoms with E-state index in [2.05, 4.69) is 157 Å². The quantitative estimate of drug-likeness (QED) is 0.160. The van der Waals surface area contributed by atoms with E-state index < -0.39 is 65.9 Å². The molecule has 0 rings (SSSR count). The van der Waals surface area contributed by atoms with Crippen LogP contribution in [0.15, 0.2) is 0 Å². The molecule has 0 N–H and O–H groups in total. The molecule has 0 saturated heterocycles. The van der Waals surface area contributed by atoms with Crippen LogP contribution < -0.4 is 10.2 Å². The van der Waals surface area contributed by atoms with E-state index in [1.165, 1.54) is 0 Å². The molecule has 0 aromatic heterocycles. The van der Waals surface area contributed by atoms with E-state index in [0.717, 1.165) is 0 Å². The summed E-state index contributed by atoms with van der Waals surface area (Å²) in [6, 6.07) is 0. The predicted molar refractivity (Wildman–Crippen MR) is 237 cm³/mol. The molecule has 0 bridgehead atoms. The summed E-state index contributed by atoms with van der Waals surface area (Å²) in [7, 11) is -1.88. The van der Waals surface area contributed by atoms with Crippen LogP contribution in [0.2, 0.25) is 157 Å². The molecule has 18 heteroatoms. The molecule has 296 valence electrons. The van der Waals surface area contributed by atoms with Gasteiger partial charge >= 0.3 is 98.8 Å². The van der Waals surface area contributed by atoms with E-state index in [-0.39, 0.29) is 112 Å². The Bertz CT molecular complexity index is 546. The topological polar surface area (TPSA) is 109 Å². The summed E-state index contributed by atoms with van der Waals surface area (Å²) in [5.41, 5.74) is 0. The maximum atomic E-state index is 9.56. The zero-order chi connectivity index (χ0) is 39.4. The number of hydrogen-bond acceptors (Lipinski definition) is 4. The Kier molecular flexibility index (Phi) is 46.4. The van der Waals surface area contributed by atoms with E-state index in [0.29, 0.717) is 0 Å². The number of nitrogens with zero attached hydrogens (tertiary/aromatic N) is 6. The maximum absolute atomic E-state index is 9.56. The second-order valence-corrected chi connectivity index (χ2v) is 58.5. The normalized spacial score (nSPS) is 12.5. The van der Waals surface area contributed by atoms with Crippen molar-refractivity contribution in [3.05, 3.63) is 18.6 Å². The first kappa shape index (κ1) is 70.4. The minimum atomic E-state index is -1.11. The van der Waals surface area contributed by atoms with Crippen LogP contribution in [0, 0.1) is 98.8 Å². The summed E-state index contributed by atoms with van der Waals surface area (Å²) >= 11 is 0. The summed E-state index contributed by atoms with van der Waals surface area (Å²) < 4.78 is 19.3. The van der Waals surface area contributed by atoms with Crippen LogP contribution in [0.25, 0.3) is 18.6 Å². The molecule has 0 saturated carbocycles. The smallest absolute Gasteiger partial charge is 0.843 e. The van der Waals surface area contributed by atoms with Crippen LogP contribution in [-0.2, 0) is 0 Å². The van der Waals surface area contributed by atoms with Crippen molar-refractivity contribution < 1.29 is 109 Å². The molecule has 0 spiro atoms. The SMILES string of the molecule is CN(C)C[O-].CN(C)C[O-].C[Si](C)(C)[N-][Si](C)(C)C.C[Si](C)(C)[N-][Si](C)(C)C.C[Si](C)(C)[N-][Si](C)(C)C.C[Si](C)(C)[N-][Si](C)(C)C.[Eu+3].[Eu+3]. The summed E-state index contributed by atoms with van der Waals surface area (Å²) in [6.07, 6.45) is 0. The van der Waals surface area contributed by atoms with Crippen molar-refractivity contribution in [3.8, 4) is 0 Å². The molecule has 0 heterocycles. The van der Waals surface area contributed by atoms with Crippen LogP contribution in [0.3, 0.4) is 0 Å². The molecule has 0 amide bonds. The second-order valence-electron chi connectivity index (χ2n) is 20.2. The van der Waals surface area contributed by atoms with Crippen molar-refractivity contribution in [2.24, 2.45) is 0 Å². The van der Waals surface area contributed by atoms with E-state index in [9.17, 15) is 10.2 Å². The molecule has 0 atom stereocenters. The number of rotatable bonds is 10. The molecule has 0 aliphatic heterocycles. The Morgan fingerprint density at radius 2 is 0.354 bits per heavy atom. The van der Waals surface area contributed by atoms with E-state index in [1.54, 1.807) is 38.0 Å². The van der Waals surface area contributed by atoms with Crippen molar-refractivity contribution >= 4 is 65.9 Å². The standard InChI is InChI=1S/4C6H18NSi2.2C3H8NO.2Eu/c4*1-8(2,3)7-9(4,5)6;2*1-4(2)3-5;;/h4*1-6H3;2*3H2,1-2H3;;/q6*-1;2*+3. The van der Waals surface area contributed by atoms with Gasteiger partial charge in [0.05, 0.1) is 0 Å². The average Bonchev–Trinajstić information content (AvgIpc) is 2.58. The fourth-order valence-electron chi connectivity index (χ4n) is 4.02. The summed E-state index contributed by atoms with van der Waals surface area (Å²) in [5, 5.41) is 19.1. The molecule has 0 aromatic rings. The van der Waals surface area contributed by atoms with Crippen LogP contribution >= 0.6 is 0 Å². The zero-order valence-electron chi connectivity index (χ0n) is 37.7. The van der Waals surface area contributed by atoms with Gasteiger partial charge in [0.15, 0.2) is 0 Å². The first-order chi connectivity index (χ1) is 19.4. The zero-order valence-corrected chi connectivity index (χ0v) is 50.5. The third kappa shape index (κ3) is 117. The van der Waals surface area contributed by atoms with Crippen molar-refractivity contribution in [2.75, 3.05) is 41.7 Å². The molecule has 0 aliphatic carbocycles. The molecule has 48 heavy (non-hydrogen) atoms. The van der Waals surface area contributed by atoms with Crippen molar-refractivity contribution in [1.29, 1.82) is 0 Å². The van der Waals surface area contributed by atoms with Gasteiger partial charge in [-0.05, 0) is 28.2 Å². The molecule has 0 radical (unpaired) electrons. The number of hydrogen-bond donors (Lipinski definition) is 0. The van der Waals surface area contributed by atoms with Gasteiger partial charge in [0.1, 0.15) is 0 Å². The molecular weight excluding hydrogens is 1000 g/mol. The Morgan fingerprint density at radius 1 is 0.292 bits per heavy atom. The van der Waals surface area contributed by atoms with Gasteiger partial charge in [-0.25, -0.2) is 0 Å². The largest absolute Gasteiger partial charge is 3.00 e. The summed E-state index contributed by atoms with van der Waals surface area (Å²) in [6.45, 7) is 54.9. The van der Waals surface area contributed by atoms with Gasteiger partial charge in [-0.1, -0.05) is 236 Å². The van der Waals surface area contributed by atoms with Gasteiger partial charge in [-0.15, -0.1) is 0 Å². The molecular formula is C30H88Eu2N6O2Si8. The van der Waals surface area contributed by atoms with Gasteiger partial charge in [0.2, 0.25) is 0 Å². The third-order valence-electron chi connectivity index (χ3n) is 3.20.